The van der Waals surface area contributed by atoms with E-state index in [4.69, 9.17) is 0 Å². The van der Waals surface area contributed by atoms with Gasteiger partial charge in [0.05, 0.1) is 29.5 Å². The molecule has 4 atom stereocenters. The number of hydrogen-bond acceptors (Lipinski definition) is 3. The molecule has 4 nitrogen and oxygen atoms in total. The number of benzene rings is 6. The Morgan fingerprint density at radius 1 is 0.520 bits per heavy atom. The van der Waals surface area contributed by atoms with Crippen LogP contribution in [0.2, 0.25) is 0 Å². The van der Waals surface area contributed by atoms with E-state index in [1.165, 1.54) is 66.1 Å². The number of nitrogens with zero attached hydrogens (tertiary/aromatic N) is 1. The van der Waals surface area contributed by atoms with E-state index in [0.717, 1.165) is 0 Å². The second kappa shape index (κ2) is 11.4. The standard InChI is InChI=1S/C46H40N4/c1-46(2)37-23-13-11-21-35(37)39-33-19-9-10-20-34(33)40-36-22-12-14-24-38(36)50(42(40)41(39)46)32-27-25-31(26-28-32)45-48-43(29-15-5-3-6-16-29)47-44(49-45)30-17-7-4-8-18-30/h3-28,35,37,43-45,47-49H,1-2H3. The largest absolute Gasteiger partial charge is 0.309 e. The average Bonchev–Trinajstić information content (AvgIpc) is 3.65. The van der Waals surface area contributed by atoms with Gasteiger partial charge in [0.25, 0.3) is 0 Å². The van der Waals surface area contributed by atoms with Crippen LogP contribution in [0, 0.1) is 5.92 Å². The van der Waals surface area contributed by atoms with E-state index in [-0.39, 0.29) is 23.9 Å². The van der Waals surface area contributed by atoms with E-state index in [1.807, 2.05) is 0 Å². The quantitative estimate of drug-likeness (QED) is 0.178. The molecule has 50 heavy (non-hydrogen) atoms. The first-order valence-electron chi connectivity index (χ1n) is 17.9. The van der Waals surface area contributed by atoms with E-state index in [9.17, 15) is 0 Å². The van der Waals surface area contributed by atoms with Gasteiger partial charge < -0.3 is 4.57 Å². The van der Waals surface area contributed by atoms with Gasteiger partial charge >= 0.3 is 0 Å². The molecule has 1 aliphatic heterocycles. The van der Waals surface area contributed by atoms with Crippen molar-refractivity contribution in [2.75, 3.05) is 0 Å². The lowest BCUT2D eigenvalue weighted by Crippen LogP contribution is -2.54. The van der Waals surface area contributed by atoms with Gasteiger partial charge in [0.1, 0.15) is 0 Å². The van der Waals surface area contributed by atoms with Crippen LogP contribution in [0.15, 0.2) is 158 Å². The number of para-hydroxylation sites is 1. The third kappa shape index (κ3) is 4.42. The van der Waals surface area contributed by atoms with Crippen molar-refractivity contribution in [2.24, 2.45) is 5.92 Å². The maximum Gasteiger partial charge on any atom is 0.0864 e. The Morgan fingerprint density at radius 3 is 1.68 bits per heavy atom. The Kier molecular flexibility index (Phi) is 6.75. The van der Waals surface area contributed by atoms with Crippen molar-refractivity contribution in [2.45, 2.75) is 43.7 Å². The first kappa shape index (κ1) is 29.6. The average molecular weight is 649 g/mol. The molecular formula is C46H40N4. The van der Waals surface area contributed by atoms with Gasteiger partial charge in [-0.15, -0.1) is 0 Å². The summed E-state index contributed by atoms with van der Waals surface area (Å²) in [5.74, 6) is 0.776. The first-order valence-corrected chi connectivity index (χ1v) is 17.9. The van der Waals surface area contributed by atoms with Gasteiger partial charge in [-0.25, -0.2) is 0 Å². The molecule has 0 saturated carbocycles. The number of hydrogen-bond donors (Lipinski definition) is 3. The number of rotatable bonds is 4. The fraction of sp³-hybridized carbons (Fsp3) is 0.174. The highest BCUT2D eigenvalue weighted by Gasteiger charge is 2.47. The van der Waals surface area contributed by atoms with Crippen molar-refractivity contribution in [3.8, 4) is 5.69 Å². The second-order valence-corrected chi connectivity index (χ2v) is 14.7. The number of aromatic nitrogens is 1. The van der Waals surface area contributed by atoms with Gasteiger partial charge in [0.2, 0.25) is 0 Å². The van der Waals surface area contributed by atoms with Gasteiger partial charge in [-0.2, -0.15) is 0 Å². The van der Waals surface area contributed by atoms with Crippen LogP contribution in [-0.2, 0) is 5.41 Å². The maximum atomic E-state index is 3.85. The molecule has 244 valence electrons. The van der Waals surface area contributed by atoms with Crippen molar-refractivity contribution in [3.05, 3.63) is 186 Å². The highest BCUT2D eigenvalue weighted by molar-refractivity contribution is 6.23. The van der Waals surface area contributed by atoms with Crippen LogP contribution in [-0.4, -0.2) is 4.57 Å². The summed E-state index contributed by atoms with van der Waals surface area (Å²) in [6.45, 7) is 4.92. The van der Waals surface area contributed by atoms with Crippen LogP contribution in [0.1, 0.15) is 66.1 Å². The lowest BCUT2D eigenvalue weighted by molar-refractivity contribution is 0.203. The number of fused-ring (bicyclic) bond motifs is 10. The SMILES string of the molecule is CC1(C)c2c(c3ccccc3c3c4ccccc4n(-c4ccc(C5NC(c6ccccc6)NC(c6ccccc6)N5)cc4)c23)C2C=CC=CC21. The highest BCUT2D eigenvalue weighted by atomic mass is 15.4. The van der Waals surface area contributed by atoms with Crippen molar-refractivity contribution in [1.82, 2.24) is 20.5 Å². The molecule has 1 fully saturated rings. The zero-order valence-corrected chi connectivity index (χ0v) is 28.3. The van der Waals surface area contributed by atoms with Crippen molar-refractivity contribution < 1.29 is 0 Å². The molecule has 0 bridgehead atoms. The molecule has 1 saturated heterocycles. The van der Waals surface area contributed by atoms with Gasteiger partial charge in [0.15, 0.2) is 0 Å². The van der Waals surface area contributed by atoms with Crippen molar-refractivity contribution in [1.29, 1.82) is 0 Å². The maximum absolute atomic E-state index is 3.85. The summed E-state index contributed by atoms with van der Waals surface area (Å²) >= 11 is 0. The summed E-state index contributed by atoms with van der Waals surface area (Å²) in [6, 6.07) is 48.6. The topological polar surface area (TPSA) is 41.0 Å². The first-order chi connectivity index (χ1) is 24.6. The van der Waals surface area contributed by atoms with Crippen LogP contribution >= 0.6 is 0 Å². The summed E-state index contributed by atoms with van der Waals surface area (Å²) in [5.41, 5.74) is 10.3. The Balaban J connectivity index is 1.14. The molecule has 3 aliphatic rings. The van der Waals surface area contributed by atoms with E-state index >= 15 is 0 Å². The lowest BCUT2D eigenvalue weighted by Gasteiger charge is -2.39. The fourth-order valence-electron chi connectivity index (χ4n) is 9.28. The molecule has 0 amide bonds. The van der Waals surface area contributed by atoms with E-state index in [2.05, 4.69) is 192 Å². The molecule has 2 heterocycles. The molecule has 0 radical (unpaired) electrons. The fourth-order valence-corrected chi connectivity index (χ4v) is 9.28. The third-order valence-corrected chi connectivity index (χ3v) is 11.6. The van der Waals surface area contributed by atoms with Crippen LogP contribution in [0.4, 0.5) is 0 Å². The van der Waals surface area contributed by atoms with E-state index < -0.39 is 0 Å². The predicted octanol–water partition coefficient (Wildman–Crippen LogP) is 10.2. The molecule has 0 spiro atoms. The lowest BCUT2D eigenvalue weighted by atomic mass is 9.74. The molecule has 2 aliphatic carbocycles. The van der Waals surface area contributed by atoms with Gasteiger partial charge in [-0.05, 0) is 68.1 Å². The number of nitrogens with one attached hydrogen (secondary N) is 3. The minimum atomic E-state index is -0.0484. The molecule has 1 aromatic heterocycles. The molecule has 4 heteroatoms. The molecule has 7 aromatic rings. The highest BCUT2D eigenvalue weighted by Crippen LogP contribution is 2.58. The molecule has 4 unspecified atom stereocenters. The smallest absolute Gasteiger partial charge is 0.0864 e. The Hall–Kier alpha value is -5.26. The summed E-state index contributed by atoms with van der Waals surface area (Å²) < 4.78 is 2.55. The Labute approximate surface area is 293 Å². The summed E-state index contributed by atoms with van der Waals surface area (Å²) in [5, 5.41) is 16.9. The van der Waals surface area contributed by atoms with Crippen LogP contribution < -0.4 is 16.0 Å². The van der Waals surface area contributed by atoms with Crippen LogP contribution in [0.5, 0.6) is 0 Å². The minimum absolute atomic E-state index is 0.00518. The van der Waals surface area contributed by atoms with Gasteiger partial charge in [-0.3, -0.25) is 16.0 Å². The minimum Gasteiger partial charge on any atom is -0.309 e. The second-order valence-electron chi connectivity index (χ2n) is 14.7. The van der Waals surface area contributed by atoms with Crippen molar-refractivity contribution >= 4 is 32.6 Å². The summed E-state index contributed by atoms with van der Waals surface area (Å²) in [7, 11) is 0. The van der Waals surface area contributed by atoms with Crippen LogP contribution in [0.25, 0.3) is 38.3 Å². The van der Waals surface area contributed by atoms with Crippen LogP contribution in [0.3, 0.4) is 0 Å². The normalized spacial score (nSPS) is 23.8. The molecular weight excluding hydrogens is 609 g/mol. The predicted molar refractivity (Wildman–Crippen MR) is 206 cm³/mol. The monoisotopic (exact) mass is 648 g/mol. The summed E-state index contributed by atoms with van der Waals surface area (Å²) in [6.07, 6.45) is 9.31. The van der Waals surface area contributed by atoms with E-state index in [0.29, 0.717) is 11.8 Å². The zero-order chi connectivity index (χ0) is 33.4. The van der Waals surface area contributed by atoms with E-state index in [1.54, 1.807) is 0 Å². The number of allylic oxidation sites excluding steroid dienone is 4. The zero-order valence-electron chi connectivity index (χ0n) is 28.3. The molecule has 6 aromatic carbocycles. The molecule has 10 rings (SSSR count). The van der Waals surface area contributed by atoms with Crippen molar-refractivity contribution in [3.63, 3.8) is 0 Å². The summed E-state index contributed by atoms with van der Waals surface area (Å²) in [4.78, 5) is 0. The van der Waals surface area contributed by atoms with Gasteiger partial charge in [-0.1, -0.05) is 153 Å². The molecule has 3 N–H and O–H groups in total. The Bertz CT molecular complexity index is 2410. The third-order valence-electron chi connectivity index (χ3n) is 11.6. The van der Waals surface area contributed by atoms with Gasteiger partial charge in [0, 0.05) is 22.4 Å². The Morgan fingerprint density at radius 2 is 1.04 bits per heavy atom.